The number of carbonyl (C=O) groups is 2. The Labute approximate surface area is 126 Å². The predicted octanol–water partition coefficient (Wildman–Crippen LogP) is 4.02. The first kappa shape index (κ1) is 17.2. The quantitative estimate of drug-likeness (QED) is 0.736. The average Bonchev–Trinajstić information content (AvgIpc) is 2.48. The summed E-state index contributed by atoms with van der Waals surface area (Å²) in [6, 6.07) is 6.87. The Kier molecular flexibility index (Phi) is 7.51. The van der Waals surface area contributed by atoms with E-state index >= 15 is 0 Å². The molecule has 0 bridgehead atoms. The molecule has 1 amide bonds. The van der Waals surface area contributed by atoms with Gasteiger partial charge in [-0.3, -0.25) is 4.79 Å². The lowest BCUT2D eigenvalue weighted by molar-refractivity contribution is -0.120. The van der Waals surface area contributed by atoms with Gasteiger partial charge in [0.15, 0.2) is 0 Å². The highest BCUT2D eigenvalue weighted by atomic mass is 16.5. The molecule has 116 valence electrons. The van der Waals surface area contributed by atoms with E-state index in [0.717, 1.165) is 25.7 Å². The Balaban J connectivity index is 2.71. The maximum Gasteiger partial charge on any atom is 0.338 e. The highest BCUT2D eigenvalue weighted by Gasteiger charge is 2.16. The zero-order valence-corrected chi connectivity index (χ0v) is 13.1. The van der Waals surface area contributed by atoms with E-state index in [9.17, 15) is 9.59 Å². The number of benzene rings is 1. The number of ether oxygens (including phenoxy) is 1. The Bertz CT molecular complexity index is 471. The number of carbonyl (C=O) groups excluding carboxylic acids is 2. The molecule has 0 aliphatic heterocycles. The summed E-state index contributed by atoms with van der Waals surface area (Å²) in [5.41, 5.74) is 1.09. The van der Waals surface area contributed by atoms with Gasteiger partial charge in [-0.25, -0.2) is 4.79 Å². The molecule has 0 heterocycles. The standard InChI is InChI=1S/C17H25NO3/c1-4-7-9-13(5-2)16(19)18-15-11-8-10-14(12-15)17(20)21-6-3/h8,10-13H,4-7,9H2,1-3H3,(H,18,19)/t13-/m0/s1. The van der Waals surface area contributed by atoms with Crippen LogP contribution in [-0.2, 0) is 9.53 Å². The molecule has 1 rings (SSSR count). The van der Waals surface area contributed by atoms with Crippen LogP contribution in [0.5, 0.6) is 0 Å². The third-order valence-corrected chi connectivity index (χ3v) is 3.41. The van der Waals surface area contributed by atoms with E-state index in [-0.39, 0.29) is 17.8 Å². The van der Waals surface area contributed by atoms with E-state index in [4.69, 9.17) is 4.74 Å². The summed E-state index contributed by atoms with van der Waals surface area (Å²) in [6.45, 7) is 6.25. The van der Waals surface area contributed by atoms with Crippen molar-refractivity contribution in [2.24, 2.45) is 5.92 Å². The van der Waals surface area contributed by atoms with Crippen molar-refractivity contribution in [2.45, 2.75) is 46.5 Å². The second-order valence-electron chi connectivity index (χ2n) is 5.04. The van der Waals surface area contributed by atoms with Crippen LogP contribution in [0.15, 0.2) is 24.3 Å². The summed E-state index contributed by atoms with van der Waals surface area (Å²) >= 11 is 0. The molecule has 0 fully saturated rings. The van der Waals surface area contributed by atoms with Gasteiger partial charge in [0.05, 0.1) is 12.2 Å². The van der Waals surface area contributed by atoms with Crippen LogP contribution in [-0.4, -0.2) is 18.5 Å². The van der Waals surface area contributed by atoms with Gasteiger partial charge in [0.25, 0.3) is 0 Å². The van der Waals surface area contributed by atoms with Crippen LogP contribution in [0.3, 0.4) is 0 Å². The molecule has 0 aromatic heterocycles. The molecule has 0 saturated carbocycles. The zero-order valence-electron chi connectivity index (χ0n) is 13.1. The van der Waals surface area contributed by atoms with E-state index in [1.54, 1.807) is 31.2 Å². The van der Waals surface area contributed by atoms with Crippen LogP contribution >= 0.6 is 0 Å². The van der Waals surface area contributed by atoms with Gasteiger partial charge in [-0.2, -0.15) is 0 Å². The second kappa shape index (κ2) is 9.16. The predicted molar refractivity (Wildman–Crippen MR) is 84.3 cm³/mol. The van der Waals surface area contributed by atoms with Crippen molar-refractivity contribution in [3.63, 3.8) is 0 Å². The highest BCUT2D eigenvalue weighted by Crippen LogP contribution is 2.17. The lowest BCUT2D eigenvalue weighted by atomic mass is 9.98. The maximum atomic E-state index is 12.2. The number of esters is 1. The molecule has 0 unspecified atom stereocenters. The average molecular weight is 291 g/mol. The van der Waals surface area contributed by atoms with Crippen LogP contribution in [0.25, 0.3) is 0 Å². The van der Waals surface area contributed by atoms with E-state index < -0.39 is 0 Å². The monoisotopic (exact) mass is 291 g/mol. The first-order valence-electron chi connectivity index (χ1n) is 7.70. The van der Waals surface area contributed by atoms with Crippen LogP contribution < -0.4 is 5.32 Å². The van der Waals surface area contributed by atoms with Gasteiger partial charge in [-0.1, -0.05) is 32.8 Å². The van der Waals surface area contributed by atoms with Crippen LogP contribution in [0.4, 0.5) is 5.69 Å². The Hall–Kier alpha value is -1.84. The molecule has 0 aliphatic rings. The second-order valence-corrected chi connectivity index (χ2v) is 5.04. The van der Waals surface area contributed by atoms with Gasteiger partial charge in [0, 0.05) is 11.6 Å². The molecule has 21 heavy (non-hydrogen) atoms. The third kappa shape index (κ3) is 5.58. The summed E-state index contributed by atoms with van der Waals surface area (Å²) < 4.78 is 4.96. The van der Waals surface area contributed by atoms with Gasteiger partial charge in [0.1, 0.15) is 0 Å². The van der Waals surface area contributed by atoms with Crippen molar-refractivity contribution in [1.29, 1.82) is 0 Å². The summed E-state index contributed by atoms with van der Waals surface area (Å²) in [4.78, 5) is 23.9. The molecular formula is C17H25NO3. The van der Waals surface area contributed by atoms with Crippen LogP contribution in [0.1, 0.15) is 56.8 Å². The van der Waals surface area contributed by atoms with E-state index in [1.807, 2.05) is 6.92 Å². The zero-order chi connectivity index (χ0) is 15.7. The first-order valence-corrected chi connectivity index (χ1v) is 7.70. The number of rotatable bonds is 8. The molecule has 0 radical (unpaired) electrons. The molecule has 1 N–H and O–H groups in total. The SMILES string of the molecule is CCCC[C@H](CC)C(=O)Nc1cccc(C(=O)OCC)c1. The Morgan fingerprint density at radius 2 is 2.00 bits per heavy atom. The van der Waals surface area contributed by atoms with Gasteiger partial charge in [-0.05, 0) is 38.0 Å². The highest BCUT2D eigenvalue weighted by molar-refractivity contribution is 5.95. The number of hydrogen-bond donors (Lipinski definition) is 1. The van der Waals surface area contributed by atoms with Crippen molar-refractivity contribution in [3.8, 4) is 0 Å². The van der Waals surface area contributed by atoms with E-state index in [1.165, 1.54) is 0 Å². The van der Waals surface area contributed by atoms with Gasteiger partial charge < -0.3 is 10.1 Å². The topological polar surface area (TPSA) is 55.4 Å². The van der Waals surface area contributed by atoms with Gasteiger partial charge in [-0.15, -0.1) is 0 Å². The summed E-state index contributed by atoms with van der Waals surface area (Å²) in [5, 5.41) is 2.89. The Morgan fingerprint density at radius 3 is 2.62 bits per heavy atom. The fourth-order valence-electron chi connectivity index (χ4n) is 2.15. The van der Waals surface area contributed by atoms with Crippen molar-refractivity contribution < 1.29 is 14.3 Å². The molecule has 4 heteroatoms. The molecular weight excluding hydrogens is 266 g/mol. The summed E-state index contributed by atoms with van der Waals surface area (Å²) in [6.07, 6.45) is 3.86. The Morgan fingerprint density at radius 1 is 1.24 bits per heavy atom. The minimum Gasteiger partial charge on any atom is -0.462 e. The summed E-state index contributed by atoms with van der Waals surface area (Å²) in [7, 11) is 0. The number of hydrogen-bond acceptors (Lipinski definition) is 3. The fraction of sp³-hybridized carbons (Fsp3) is 0.529. The van der Waals surface area contributed by atoms with Crippen LogP contribution in [0.2, 0.25) is 0 Å². The van der Waals surface area contributed by atoms with Crippen molar-refractivity contribution in [1.82, 2.24) is 0 Å². The lowest BCUT2D eigenvalue weighted by Crippen LogP contribution is -2.22. The molecule has 0 saturated heterocycles. The first-order chi connectivity index (χ1) is 10.1. The lowest BCUT2D eigenvalue weighted by Gasteiger charge is -2.15. The minimum atomic E-state index is -0.369. The molecule has 0 aliphatic carbocycles. The van der Waals surface area contributed by atoms with E-state index in [0.29, 0.717) is 17.9 Å². The fourth-order valence-corrected chi connectivity index (χ4v) is 2.15. The van der Waals surface area contributed by atoms with Crippen LogP contribution in [0, 0.1) is 5.92 Å². The molecule has 1 aromatic carbocycles. The van der Waals surface area contributed by atoms with Gasteiger partial charge in [0.2, 0.25) is 5.91 Å². The smallest absolute Gasteiger partial charge is 0.338 e. The van der Waals surface area contributed by atoms with E-state index in [2.05, 4.69) is 12.2 Å². The molecule has 4 nitrogen and oxygen atoms in total. The summed E-state index contributed by atoms with van der Waals surface area (Å²) in [5.74, 6) is -0.324. The van der Waals surface area contributed by atoms with Crippen molar-refractivity contribution in [3.05, 3.63) is 29.8 Å². The number of anilines is 1. The third-order valence-electron chi connectivity index (χ3n) is 3.41. The van der Waals surface area contributed by atoms with Crippen molar-refractivity contribution >= 4 is 17.6 Å². The number of unbranched alkanes of at least 4 members (excludes halogenated alkanes) is 1. The molecule has 1 atom stereocenters. The number of nitrogens with one attached hydrogen (secondary N) is 1. The minimum absolute atomic E-state index is 0.0203. The number of amides is 1. The normalized spacial score (nSPS) is 11.8. The van der Waals surface area contributed by atoms with Gasteiger partial charge >= 0.3 is 5.97 Å². The van der Waals surface area contributed by atoms with Crippen molar-refractivity contribution in [2.75, 3.05) is 11.9 Å². The largest absolute Gasteiger partial charge is 0.462 e. The molecule has 1 aromatic rings. The molecule has 0 spiro atoms. The maximum absolute atomic E-state index is 12.2.